The van der Waals surface area contributed by atoms with Gasteiger partial charge in [0.15, 0.2) is 12.1 Å². The van der Waals surface area contributed by atoms with Crippen LogP contribution in [0.5, 0.6) is 0 Å². The van der Waals surface area contributed by atoms with E-state index in [0.717, 1.165) is 6.42 Å². The van der Waals surface area contributed by atoms with E-state index in [-0.39, 0.29) is 6.61 Å². The van der Waals surface area contributed by atoms with Crippen molar-refractivity contribution in [1.29, 1.82) is 5.41 Å². The Morgan fingerprint density at radius 1 is 1.28 bits per heavy atom. The van der Waals surface area contributed by atoms with Gasteiger partial charge in [-0.3, -0.25) is 9.98 Å². The van der Waals surface area contributed by atoms with Crippen LogP contribution in [0.15, 0.2) is 29.6 Å². The Morgan fingerprint density at radius 2 is 2.05 bits per heavy atom. The molecule has 5 N–H and O–H groups in total. The van der Waals surface area contributed by atoms with Crippen molar-refractivity contribution >= 4 is 11.7 Å². The van der Waals surface area contributed by atoms with E-state index in [4.69, 9.17) is 10.1 Å². The van der Waals surface area contributed by atoms with Crippen molar-refractivity contribution in [3.05, 3.63) is 35.3 Å². The summed E-state index contributed by atoms with van der Waals surface area (Å²) in [7, 11) is 0. The van der Waals surface area contributed by atoms with Gasteiger partial charge in [0.25, 0.3) is 0 Å². The number of ether oxygens (including phenoxy) is 1. The summed E-state index contributed by atoms with van der Waals surface area (Å²) < 4.78 is 7.26. The van der Waals surface area contributed by atoms with Gasteiger partial charge in [-0.05, 0) is 61.7 Å². The zero-order valence-electron chi connectivity index (χ0n) is 24.2. The molecule has 1 aromatic rings. The van der Waals surface area contributed by atoms with Gasteiger partial charge in [-0.15, -0.1) is 0 Å². The molecule has 2 aliphatic carbocycles. The summed E-state index contributed by atoms with van der Waals surface area (Å²) in [5.41, 5.74) is 4.17. The van der Waals surface area contributed by atoms with Gasteiger partial charge < -0.3 is 30.3 Å². The van der Waals surface area contributed by atoms with Gasteiger partial charge >= 0.3 is 0 Å². The summed E-state index contributed by atoms with van der Waals surface area (Å²) >= 11 is 0. The molecule has 7 unspecified atom stereocenters. The molecule has 3 heterocycles. The molecule has 2 fully saturated rings. The van der Waals surface area contributed by atoms with E-state index in [2.05, 4.69) is 57.1 Å². The molecule has 0 bridgehead atoms. The molecule has 9 nitrogen and oxygen atoms in total. The summed E-state index contributed by atoms with van der Waals surface area (Å²) in [5.74, 6) is 2.25. The number of nitrogens with zero attached hydrogens (tertiary/aromatic N) is 3. The van der Waals surface area contributed by atoms with E-state index < -0.39 is 24.5 Å². The van der Waals surface area contributed by atoms with Crippen LogP contribution in [0, 0.1) is 28.1 Å². The number of rotatable bonds is 7. The standard InChI is InChI=1S/C30H47N5O4/c1-18(10-13-30(5)19(2)8-9-20-21(30)7-6-12-29(20,3)4)11-14-34-16-33-27-23(26(34)31)32-17-35(27)28-25(38)24(37)22(15-36)39-28/h9,11,17,19,21-22,24-25,28,31,33,36-38H,6-8,10,12-16H2,1-5H3. The summed E-state index contributed by atoms with van der Waals surface area (Å²) in [6.45, 7) is 12.7. The van der Waals surface area contributed by atoms with Gasteiger partial charge in [-0.2, -0.15) is 0 Å². The minimum absolute atomic E-state index is 0.311. The smallest absolute Gasteiger partial charge is 0.165 e. The number of hydrogen-bond acceptors (Lipinski definition) is 7. The highest BCUT2D eigenvalue weighted by Gasteiger charge is 2.48. The second-order valence-corrected chi connectivity index (χ2v) is 13.2. The van der Waals surface area contributed by atoms with Gasteiger partial charge in [0, 0.05) is 6.54 Å². The first-order chi connectivity index (χ1) is 18.5. The lowest BCUT2D eigenvalue weighted by Crippen LogP contribution is -2.43. The molecule has 0 radical (unpaired) electrons. The van der Waals surface area contributed by atoms with E-state index in [9.17, 15) is 15.3 Å². The maximum atomic E-state index is 10.4. The minimum Gasteiger partial charge on any atom is -0.394 e. The zero-order chi connectivity index (χ0) is 28.1. The number of fused-ring (bicyclic) bond motifs is 2. The summed E-state index contributed by atoms with van der Waals surface area (Å²) in [5, 5.41) is 42.0. The predicted octanol–water partition coefficient (Wildman–Crippen LogP) is 4.03. The molecule has 0 aromatic carbocycles. The molecule has 2 aliphatic heterocycles. The van der Waals surface area contributed by atoms with Crippen LogP contribution in [0.1, 0.15) is 85.1 Å². The Labute approximate surface area is 232 Å². The predicted molar refractivity (Wildman–Crippen MR) is 151 cm³/mol. The normalized spacial score (nSPS) is 36.3. The Kier molecular flexibility index (Phi) is 7.74. The van der Waals surface area contributed by atoms with Gasteiger partial charge in [0.2, 0.25) is 0 Å². The third-order valence-electron chi connectivity index (χ3n) is 10.3. The third-order valence-corrected chi connectivity index (χ3v) is 10.3. The number of allylic oxidation sites excluding steroid dienone is 3. The first-order valence-electron chi connectivity index (χ1n) is 14.6. The van der Waals surface area contributed by atoms with Gasteiger partial charge in [-0.25, -0.2) is 4.98 Å². The quantitative estimate of drug-likeness (QED) is 0.330. The molecule has 5 rings (SSSR count). The lowest BCUT2D eigenvalue weighted by molar-refractivity contribution is -0.0519. The molecule has 39 heavy (non-hydrogen) atoms. The fourth-order valence-corrected chi connectivity index (χ4v) is 7.36. The third kappa shape index (κ3) is 4.96. The van der Waals surface area contributed by atoms with Crippen molar-refractivity contribution < 1.29 is 20.1 Å². The molecule has 9 heteroatoms. The number of aliphatic hydroxyl groups is 3. The van der Waals surface area contributed by atoms with Gasteiger partial charge in [0.1, 0.15) is 29.8 Å². The number of anilines is 1. The summed E-state index contributed by atoms with van der Waals surface area (Å²) in [4.78, 5) is 6.35. The fraction of sp³-hybridized carbons (Fsp3) is 0.733. The van der Waals surface area contributed by atoms with Crippen LogP contribution in [0.25, 0.3) is 0 Å². The second-order valence-electron chi connectivity index (χ2n) is 13.2. The van der Waals surface area contributed by atoms with E-state index in [1.165, 1.54) is 44.0 Å². The van der Waals surface area contributed by atoms with Gasteiger partial charge in [-0.1, -0.05) is 57.4 Å². The molecular formula is C30H47N5O4. The molecule has 216 valence electrons. The summed E-state index contributed by atoms with van der Waals surface area (Å²) in [6.07, 6.45) is 9.56. The molecule has 1 saturated carbocycles. The van der Waals surface area contributed by atoms with E-state index in [1.807, 2.05) is 4.90 Å². The van der Waals surface area contributed by atoms with Crippen LogP contribution in [-0.2, 0) is 4.74 Å². The van der Waals surface area contributed by atoms with Crippen molar-refractivity contribution in [3.8, 4) is 0 Å². The number of amidine groups is 1. The molecule has 0 spiro atoms. The average molecular weight is 542 g/mol. The first-order valence-corrected chi connectivity index (χ1v) is 14.6. The molecular weight excluding hydrogens is 494 g/mol. The fourth-order valence-electron chi connectivity index (χ4n) is 7.36. The molecule has 1 saturated heterocycles. The highest BCUT2D eigenvalue weighted by Crippen LogP contribution is 2.58. The van der Waals surface area contributed by atoms with Crippen LogP contribution in [-0.4, -0.2) is 73.7 Å². The Morgan fingerprint density at radius 3 is 2.77 bits per heavy atom. The van der Waals surface area contributed by atoms with E-state index in [0.29, 0.717) is 53.2 Å². The highest BCUT2D eigenvalue weighted by atomic mass is 16.6. The van der Waals surface area contributed by atoms with Crippen LogP contribution < -0.4 is 5.32 Å². The van der Waals surface area contributed by atoms with Crippen LogP contribution in [0.2, 0.25) is 0 Å². The molecule has 1 aromatic heterocycles. The van der Waals surface area contributed by atoms with E-state index in [1.54, 1.807) is 10.1 Å². The largest absolute Gasteiger partial charge is 0.394 e. The van der Waals surface area contributed by atoms with Crippen molar-refractivity contribution in [3.63, 3.8) is 0 Å². The van der Waals surface area contributed by atoms with Crippen LogP contribution in [0.4, 0.5) is 5.82 Å². The van der Waals surface area contributed by atoms with Crippen molar-refractivity contribution in [1.82, 2.24) is 14.5 Å². The SMILES string of the molecule is CC(=CCN1CNc2c(ncn2C2OC(CO)C(O)C2O)C1=N)CCC1(C)C(C)CC=C2C1CCCC2(C)C. The van der Waals surface area contributed by atoms with E-state index >= 15 is 0 Å². The van der Waals surface area contributed by atoms with Crippen molar-refractivity contribution in [2.45, 2.75) is 97.7 Å². The van der Waals surface area contributed by atoms with Crippen molar-refractivity contribution in [2.24, 2.45) is 22.7 Å². The van der Waals surface area contributed by atoms with Crippen LogP contribution in [0.3, 0.4) is 0 Å². The monoisotopic (exact) mass is 541 g/mol. The highest BCUT2D eigenvalue weighted by molar-refractivity contribution is 6.00. The molecule has 4 aliphatic rings. The Hall–Kier alpha value is -2.20. The number of nitrogens with one attached hydrogen (secondary N) is 2. The lowest BCUT2D eigenvalue weighted by Gasteiger charge is -2.53. The topological polar surface area (TPSA) is 127 Å². The summed E-state index contributed by atoms with van der Waals surface area (Å²) in [6, 6.07) is 0. The van der Waals surface area contributed by atoms with Gasteiger partial charge in [0.05, 0.1) is 19.6 Å². The number of hydrogen-bond donors (Lipinski definition) is 5. The maximum absolute atomic E-state index is 10.4. The second kappa shape index (κ2) is 10.7. The first kappa shape index (κ1) is 28.3. The number of aliphatic hydroxyl groups excluding tert-OH is 3. The van der Waals surface area contributed by atoms with Crippen LogP contribution >= 0.6 is 0 Å². The number of imidazole rings is 1. The molecule has 0 amide bonds. The minimum atomic E-state index is -1.19. The number of aromatic nitrogens is 2. The Bertz CT molecular complexity index is 1140. The maximum Gasteiger partial charge on any atom is 0.165 e. The average Bonchev–Trinajstić information content (AvgIpc) is 3.45. The zero-order valence-corrected chi connectivity index (χ0v) is 24.2. The molecule has 7 atom stereocenters. The van der Waals surface area contributed by atoms with Crippen molar-refractivity contribution in [2.75, 3.05) is 25.1 Å². The lowest BCUT2D eigenvalue weighted by atomic mass is 9.52. The Balaban J connectivity index is 1.22.